The molecule has 0 aliphatic carbocycles. The number of halogens is 3. The van der Waals surface area contributed by atoms with Crippen LogP contribution in [-0.2, 0) is 6.42 Å². The molecule has 4 rings (SSSR count). The van der Waals surface area contributed by atoms with Gasteiger partial charge in [-0.3, -0.25) is 0 Å². The van der Waals surface area contributed by atoms with E-state index in [0.717, 1.165) is 23.1 Å². The number of alkyl halides is 2. The molecule has 0 fully saturated rings. The van der Waals surface area contributed by atoms with Gasteiger partial charge in [-0.05, 0) is 63.2 Å². The van der Waals surface area contributed by atoms with Gasteiger partial charge in [0.1, 0.15) is 0 Å². The van der Waals surface area contributed by atoms with Gasteiger partial charge in [0.25, 0.3) is 0 Å². The molecule has 0 atom stereocenters. The lowest BCUT2D eigenvalue weighted by molar-refractivity contribution is -0.0521. The fourth-order valence-electron chi connectivity index (χ4n) is 3.42. The van der Waals surface area contributed by atoms with E-state index in [0.29, 0.717) is 5.56 Å². The molecule has 4 heteroatoms. The second-order valence-corrected chi connectivity index (χ2v) is 6.85. The van der Waals surface area contributed by atoms with Crippen molar-refractivity contribution in [2.24, 2.45) is 0 Å². The summed E-state index contributed by atoms with van der Waals surface area (Å²) in [7, 11) is 0. The molecule has 0 aliphatic rings. The van der Waals surface area contributed by atoms with Crippen LogP contribution in [0.5, 0.6) is 5.75 Å². The molecule has 0 amide bonds. The highest BCUT2D eigenvalue weighted by Gasteiger charge is 2.11. The van der Waals surface area contributed by atoms with Crippen LogP contribution in [0.25, 0.3) is 33.0 Å². The van der Waals surface area contributed by atoms with Crippen LogP contribution in [0.1, 0.15) is 12.5 Å². The quantitative estimate of drug-likeness (QED) is 0.342. The van der Waals surface area contributed by atoms with Crippen LogP contribution >= 0.6 is 0 Å². The first-order valence-corrected chi connectivity index (χ1v) is 9.41. The maximum Gasteiger partial charge on any atom is 0.387 e. The van der Waals surface area contributed by atoms with Gasteiger partial charge in [0, 0.05) is 0 Å². The van der Waals surface area contributed by atoms with Crippen molar-refractivity contribution in [3.05, 3.63) is 90.2 Å². The number of ether oxygens (including phenoxy) is 1. The Balaban J connectivity index is 1.61. The monoisotopic (exact) mass is 392 g/mol. The molecule has 0 saturated heterocycles. The van der Waals surface area contributed by atoms with E-state index < -0.39 is 18.2 Å². The topological polar surface area (TPSA) is 9.23 Å². The van der Waals surface area contributed by atoms with Crippen molar-refractivity contribution in [3.8, 4) is 28.0 Å². The first-order chi connectivity index (χ1) is 14.0. The van der Waals surface area contributed by atoms with Crippen molar-refractivity contribution < 1.29 is 17.9 Å². The van der Waals surface area contributed by atoms with Crippen LogP contribution in [0.3, 0.4) is 0 Å². The molecule has 146 valence electrons. The molecule has 0 N–H and O–H groups in total. The van der Waals surface area contributed by atoms with Gasteiger partial charge in [0.05, 0.1) is 0 Å². The molecular formula is C25H19F3O. The second-order valence-electron chi connectivity index (χ2n) is 6.85. The lowest BCUT2D eigenvalue weighted by Gasteiger charge is -2.09. The largest absolute Gasteiger partial charge is 0.432 e. The summed E-state index contributed by atoms with van der Waals surface area (Å²) in [5, 5.41) is 2.40. The number of hydrogen-bond acceptors (Lipinski definition) is 1. The van der Waals surface area contributed by atoms with Crippen molar-refractivity contribution in [2.75, 3.05) is 0 Å². The summed E-state index contributed by atoms with van der Waals surface area (Å²) in [6.07, 6.45) is 1.01. The zero-order valence-electron chi connectivity index (χ0n) is 15.8. The lowest BCUT2D eigenvalue weighted by Crippen LogP contribution is -2.03. The zero-order chi connectivity index (χ0) is 20.4. The van der Waals surface area contributed by atoms with E-state index in [1.165, 1.54) is 28.5 Å². The Hall–Kier alpha value is -3.27. The maximum absolute atomic E-state index is 14.0. The molecule has 0 radical (unpaired) electrons. The Morgan fingerprint density at radius 2 is 1.24 bits per heavy atom. The molecule has 4 aromatic rings. The summed E-state index contributed by atoms with van der Waals surface area (Å²) in [6, 6.07) is 24.6. The minimum atomic E-state index is -3.05. The molecule has 0 heterocycles. The molecule has 0 saturated carbocycles. The predicted molar refractivity (Wildman–Crippen MR) is 111 cm³/mol. The third kappa shape index (κ3) is 4.11. The normalized spacial score (nSPS) is 11.2. The number of fused-ring (bicyclic) bond motifs is 1. The second kappa shape index (κ2) is 8.00. The third-order valence-electron chi connectivity index (χ3n) is 5.01. The van der Waals surface area contributed by atoms with Crippen molar-refractivity contribution in [2.45, 2.75) is 20.0 Å². The van der Waals surface area contributed by atoms with E-state index >= 15 is 0 Å². The average Bonchev–Trinajstić information content (AvgIpc) is 2.74. The Morgan fingerprint density at radius 3 is 1.86 bits per heavy atom. The van der Waals surface area contributed by atoms with E-state index in [1.807, 2.05) is 24.3 Å². The Labute approximate surface area is 167 Å². The van der Waals surface area contributed by atoms with Gasteiger partial charge in [-0.1, -0.05) is 67.6 Å². The zero-order valence-corrected chi connectivity index (χ0v) is 15.8. The lowest BCUT2D eigenvalue weighted by atomic mass is 9.97. The molecule has 0 aliphatic heterocycles. The third-order valence-corrected chi connectivity index (χ3v) is 5.01. The van der Waals surface area contributed by atoms with Crippen LogP contribution in [0.2, 0.25) is 0 Å². The van der Waals surface area contributed by atoms with Crippen molar-refractivity contribution >= 4 is 10.8 Å². The molecule has 29 heavy (non-hydrogen) atoms. The average molecular weight is 392 g/mol. The number of rotatable bonds is 5. The van der Waals surface area contributed by atoms with E-state index in [1.54, 1.807) is 6.07 Å². The van der Waals surface area contributed by atoms with Gasteiger partial charge in [-0.2, -0.15) is 8.78 Å². The van der Waals surface area contributed by atoms with Crippen molar-refractivity contribution in [3.63, 3.8) is 0 Å². The van der Waals surface area contributed by atoms with Gasteiger partial charge in [0.2, 0.25) is 0 Å². The molecular weight excluding hydrogens is 373 g/mol. The Morgan fingerprint density at radius 1 is 0.690 bits per heavy atom. The minimum Gasteiger partial charge on any atom is -0.432 e. The van der Waals surface area contributed by atoms with Crippen molar-refractivity contribution in [1.29, 1.82) is 0 Å². The summed E-state index contributed by atoms with van der Waals surface area (Å²) in [5.41, 5.74) is 4.85. The maximum atomic E-state index is 14.0. The van der Waals surface area contributed by atoms with E-state index in [2.05, 4.69) is 48.1 Å². The van der Waals surface area contributed by atoms with Gasteiger partial charge >= 0.3 is 6.61 Å². The van der Waals surface area contributed by atoms with Crippen LogP contribution in [0.15, 0.2) is 78.9 Å². The van der Waals surface area contributed by atoms with Crippen LogP contribution < -0.4 is 4.74 Å². The molecule has 0 aromatic heterocycles. The number of benzene rings is 4. The molecule has 4 aromatic carbocycles. The van der Waals surface area contributed by atoms with Gasteiger partial charge in [-0.15, -0.1) is 0 Å². The summed E-state index contributed by atoms with van der Waals surface area (Å²) in [4.78, 5) is 0. The summed E-state index contributed by atoms with van der Waals surface area (Å²) >= 11 is 0. The standard InChI is InChI=1S/C25H19F3O/c1-2-16-3-4-21-14-20(10-9-19(21)13-16)17-5-7-18(8-6-17)22-11-12-24(23(26)15-22)29-25(27)28/h3-15,25H,2H2,1H3. The Bertz CT molecular complexity index is 1150. The van der Waals surface area contributed by atoms with Crippen LogP contribution in [-0.4, -0.2) is 6.61 Å². The molecule has 0 spiro atoms. The fraction of sp³-hybridized carbons (Fsp3) is 0.120. The van der Waals surface area contributed by atoms with E-state index in [4.69, 9.17) is 0 Å². The summed E-state index contributed by atoms with van der Waals surface area (Å²) in [5.74, 6) is -1.27. The van der Waals surface area contributed by atoms with Crippen LogP contribution in [0.4, 0.5) is 13.2 Å². The summed E-state index contributed by atoms with van der Waals surface area (Å²) in [6.45, 7) is -0.910. The number of hydrogen-bond donors (Lipinski definition) is 0. The van der Waals surface area contributed by atoms with Gasteiger partial charge < -0.3 is 4.74 Å². The van der Waals surface area contributed by atoms with E-state index in [-0.39, 0.29) is 0 Å². The molecule has 0 bridgehead atoms. The smallest absolute Gasteiger partial charge is 0.387 e. The fourth-order valence-corrected chi connectivity index (χ4v) is 3.42. The highest BCUT2D eigenvalue weighted by molar-refractivity contribution is 5.88. The highest BCUT2D eigenvalue weighted by atomic mass is 19.3. The highest BCUT2D eigenvalue weighted by Crippen LogP contribution is 2.30. The SMILES string of the molecule is CCc1ccc2cc(-c3ccc(-c4ccc(OC(F)F)c(F)c4)cc3)ccc2c1. The minimum absolute atomic E-state index is 0.456. The van der Waals surface area contributed by atoms with Gasteiger partial charge in [0.15, 0.2) is 11.6 Å². The van der Waals surface area contributed by atoms with Crippen LogP contribution in [0, 0.1) is 5.82 Å². The van der Waals surface area contributed by atoms with Gasteiger partial charge in [-0.25, -0.2) is 4.39 Å². The predicted octanol–water partition coefficient (Wildman–Crippen LogP) is 7.48. The molecule has 1 nitrogen and oxygen atoms in total. The Kier molecular flexibility index (Phi) is 5.26. The van der Waals surface area contributed by atoms with E-state index in [9.17, 15) is 13.2 Å². The first-order valence-electron chi connectivity index (χ1n) is 9.41. The number of aryl methyl sites for hydroxylation is 1. The van der Waals surface area contributed by atoms with Crippen molar-refractivity contribution in [1.82, 2.24) is 0 Å². The summed E-state index contributed by atoms with van der Waals surface area (Å²) < 4.78 is 42.7. The first kappa shape index (κ1) is 19.1. The molecule has 0 unspecified atom stereocenters.